The van der Waals surface area contributed by atoms with E-state index in [9.17, 15) is 22.4 Å². The van der Waals surface area contributed by atoms with E-state index in [-0.39, 0.29) is 12.1 Å². The van der Waals surface area contributed by atoms with Crippen LogP contribution in [0.3, 0.4) is 0 Å². The summed E-state index contributed by atoms with van der Waals surface area (Å²) >= 11 is 0. The van der Waals surface area contributed by atoms with E-state index in [1.165, 1.54) is 44.1 Å². The summed E-state index contributed by atoms with van der Waals surface area (Å²) in [6.07, 6.45) is 0. The van der Waals surface area contributed by atoms with Gasteiger partial charge in [-0.1, -0.05) is 30.3 Å². The summed E-state index contributed by atoms with van der Waals surface area (Å²) in [6.45, 7) is 6.48. The van der Waals surface area contributed by atoms with Crippen LogP contribution in [0.2, 0.25) is 0 Å². The quantitative estimate of drug-likeness (QED) is 0.552. The van der Waals surface area contributed by atoms with Gasteiger partial charge in [-0.3, -0.25) is 9.59 Å². The van der Waals surface area contributed by atoms with E-state index >= 15 is 0 Å². The molecule has 0 aliphatic carbocycles. The van der Waals surface area contributed by atoms with E-state index in [1.54, 1.807) is 32.0 Å². The van der Waals surface area contributed by atoms with Crippen molar-refractivity contribution in [2.45, 2.75) is 40.3 Å². The lowest BCUT2D eigenvalue weighted by molar-refractivity contribution is -0.139. The SMILES string of the molecule is CCNC(=O)C(C)N(Cc1ccccc1F)C(=O)CN(c1cc(C)ccc1C)S(=O)(=O)N(C)C. The van der Waals surface area contributed by atoms with Crippen LogP contribution in [0.5, 0.6) is 0 Å². The first-order chi connectivity index (χ1) is 15.9. The molecule has 186 valence electrons. The number of benzene rings is 2. The third-order valence-electron chi connectivity index (χ3n) is 5.47. The minimum Gasteiger partial charge on any atom is -0.355 e. The molecule has 1 unspecified atom stereocenters. The van der Waals surface area contributed by atoms with Gasteiger partial charge in [0.15, 0.2) is 0 Å². The highest BCUT2D eigenvalue weighted by atomic mass is 32.2. The van der Waals surface area contributed by atoms with Gasteiger partial charge in [0.25, 0.3) is 0 Å². The molecule has 0 heterocycles. The third-order valence-corrected chi connectivity index (χ3v) is 7.27. The summed E-state index contributed by atoms with van der Waals surface area (Å²) in [5, 5.41) is 2.66. The number of hydrogen-bond donors (Lipinski definition) is 1. The zero-order chi connectivity index (χ0) is 25.6. The molecule has 0 aliphatic heterocycles. The molecule has 0 aliphatic rings. The third kappa shape index (κ3) is 6.32. The smallest absolute Gasteiger partial charge is 0.304 e. The van der Waals surface area contributed by atoms with E-state index in [2.05, 4.69) is 5.32 Å². The molecule has 0 radical (unpaired) electrons. The van der Waals surface area contributed by atoms with Crippen LogP contribution in [0.15, 0.2) is 42.5 Å². The second-order valence-corrected chi connectivity index (χ2v) is 10.3. The van der Waals surface area contributed by atoms with Crippen LogP contribution in [0, 0.1) is 19.7 Å². The minimum atomic E-state index is -4.05. The average molecular weight is 493 g/mol. The molecule has 34 heavy (non-hydrogen) atoms. The van der Waals surface area contributed by atoms with Gasteiger partial charge in [0.1, 0.15) is 18.4 Å². The summed E-state index contributed by atoms with van der Waals surface area (Å²) < 4.78 is 42.9. The van der Waals surface area contributed by atoms with Crippen LogP contribution >= 0.6 is 0 Å². The van der Waals surface area contributed by atoms with Crippen molar-refractivity contribution >= 4 is 27.7 Å². The molecule has 2 aromatic carbocycles. The van der Waals surface area contributed by atoms with Crippen molar-refractivity contribution in [2.24, 2.45) is 0 Å². The van der Waals surface area contributed by atoms with Crippen LogP contribution in [-0.2, 0) is 26.3 Å². The fourth-order valence-electron chi connectivity index (χ4n) is 3.40. The first-order valence-electron chi connectivity index (χ1n) is 11.0. The van der Waals surface area contributed by atoms with Gasteiger partial charge in [-0.05, 0) is 51.0 Å². The van der Waals surface area contributed by atoms with Crippen molar-refractivity contribution in [3.8, 4) is 0 Å². The van der Waals surface area contributed by atoms with Gasteiger partial charge >= 0.3 is 10.2 Å². The first kappa shape index (κ1) is 27.3. The zero-order valence-electron chi connectivity index (χ0n) is 20.5. The molecule has 1 N–H and O–H groups in total. The number of halogens is 1. The van der Waals surface area contributed by atoms with Gasteiger partial charge in [0, 0.05) is 32.7 Å². The standard InChI is InChI=1S/C24H33FN4O4S/c1-7-26-24(31)19(4)28(15-20-10-8-9-11-21(20)25)23(30)16-29(34(32,33)27(5)6)22-14-17(2)12-13-18(22)3/h8-14,19H,7,15-16H2,1-6H3,(H,26,31). The fraction of sp³-hybridized carbons (Fsp3) is 0.417. The molecule has 2 amide bonds. The van der Waals surface area contributed by atoms with Gasteiger partial charge in [-0.2, -0.15) is 12.7 Å². The molecule has 2 aromatic rings. The van der Waals surface area contributed by atoms with Crippen molar-refractivity contribution in [1.82, 2.24) is 14.5 Å². The number of nitrogens with zero attached hydrogens (tertiary/aromatic N) is 3. The van der Waals surface area contributed by atoms with Crippen LogP contribution in [-0.4, -0.2) is 62.7 Å². The lowest BCUT2D eigenvalue weighted by Gasteiger charge is -2.33. The molecule has 0 saturated heterocycles. The van der Waals surface area contributed by atoms with E-state index in [1.807, 2.05) is 13.0 Å². The largest absolute Gasteiger partial charge is 0.355 e. The Morgan fingerprint density at radius 2 is 1.74 bits per heavy atom. The Morgan fingerprint density at radius 1 is 1.09 bits per heavy atom. The monoisotopic (exact) mass is 492 g/mol. The van der Waals surface area contributed by atoms with Gasteiger partial charge in [-0.25, -0.2) is 8.70 Å². The molecule has 0 aromatic heterocycles. The minimum absolute atomic E-state index is 0.188. The molecule has 0 saturated carbocycles. The lowest BCUT2D eigenvalue weighted by Crippen LogP contribution is -2.52. The molecule has 0 fully saturated rings. The van der Waals surface area contributed by atoms with Crippen LogP contribution in [0.25, 0.3) is 0 Å². The number of likely N-dealkylation sites (N-methyl/N-ethyl adjacent to an activating group) is 1. The first-order valence-corrected chi connectivity index (χ1v) is 12.4. The molecule has 0 spiro atoms. The van der Waals surface area contributed by atoms with Gasteiger partial charge in [-0.15, -0.1) is 0 Å². The average Bonchev–Trinajstić information content (AvgIpc) is 2.78. The molecular weight excluding hydrogens is 459 g/mol. The highest BCUT2D eigenvalue weighted by molar-refractivity contribution is 7.90. The molecule has 10 heteroatoms. The topological polar surface area (TPSA) is 90.0 Å². The number of amides is 2. The van der Waals surface area contributed by atoms with Crippen LogP contribution < -0.4 is 9.62 Å². The Balaban J connectivity index is 2.52. The van der Waals surface area contributed by atoms with Gasteiger partial charge in [0.05, 0.1) is 5.69 Å². The normalized spacial score (nSPS) is 12.4. The summed E-state index contributed by atoms with van der Waals surface area (Å²) in [5.41, 5.74) is 2.08. The molecule has 2 rings (SSSR count). The van der Waals surface area contributed by atoms with Crippen LogP contribution in [0.1, 0.15) is 30.5 Å². The van der Waals surface area contributed by atoms with Crippen molar-refractivity contribution in [3.05, 3.63) is 65.0 Å². The second-order valence-electron chi connectivity index (χ2n) is 8.27. The Kier molecular flexibility index (Phi) is 9.17. The Hall–Kier alpha value is -2.98. The van der Waals surface area contributed by atoms with E-state index < -0.39 is 40.4 Å². The predicted octanol–water partition coefficient (Wildman–Crippen LogP) is 2.61. The van der Waals surface area contributed by atoms with Gasteiger partial charge in [0.2, 0.25) is 11.8 Å². The number of hydrogen-bond acceptors (Lipinski definition) is 4. The Bertz CT molecular complexity index is 1140. The maximum atomic E-state index is 14.4. The summed E-state index contributed by atoms with van der Waals surface area (Å²) in [6, 6.07) is 10.3. The van der Waals surface area contributed by atoms with Crippen molar-refractivity contribution in [3.63, 3.8) is 0 Å². The van der Waals surface area contributed by atoms with E-state index in [0.29, 0.717) is 17.8 Å². The maximum Gasteiger partial charge on any atom is 0.304 e. The predicted molar refractivity (Wildman–Crippen MR) is 131 cm³/mol. The maximum absolute atomic E-state index is 14.4. The summed E-state index contributed by atoms with van der Waals surface area (Å²) in [4.78, 5) is 27.3. The van der Waals surface area contributed by atoms with E-state index in [4.69, 9.17) is 0 Å². The highest BCUT2D eigenvalue weighted by Gasteiger charge is 2.33. The Labute approximate surface area is 201 Å². The fourth-order valence-corrected chi connectivity index (χ4v) is 4.52. The van der Waals surface area contributed by atoms with Crippen molar-refractivity contribution < 1.29 is 22.4 Å². The van der Waals surface area contributed by atoms with Crippen molar-refractivity contribution in [2.75, 3.05) is 31.5 Å². The molecule has 8 nitrogen and oxygen atoms in total. The summed E-state index contributed by atoms with van der Waals surface area (Å²) in [7, 11) is -1.29. The van der Waals surface area contributed by atoms with Crippen molar-refractivity contribution in [1.29, 1.82) is 0 Å². The number of rotatable bonds is 10. The highest BCUT2D eigenvalue weighted by Crippen LogP contribution is 2.26. The zero-order valence-corrected chi connectivity index (χ0v) is 21.3. The lowest BCUT2D eigenvalue weighted by atomic mass is 10.1. The summed E-state index contributed by atoms with van der Waals surface area (Å²) in [5.74, 6) is -1.56. The molecule has 1 atom stereocenters. The second kappa shape index (κ2) is 11.4. The number of anilines is 1. The number of carbonyl (C=O) groups is 2. The molecule has 0 bridgehead atoms. The van der Waals surface area contributed by atoms with Crippen LogP contribution in [0.4, 0.5) is 10.1 Å². The Morgan fingerprint density at radius 3 is 2.32 bits per heavy atom. The number of nitrogens with one attached hydrogen (secondary N) is 1. The van der Waals surface area contributed by atoms with Gasteiger partial charge < -0.3 is 10.2 Å². The van der Waals surface area contributed by atoms with E-state index in [0.717, 1.165) is 14.2 Å². The number of carbonyl (C=O) groups excluding carboxylic acids is 2. The number of aryl methyl sites for hydroxylation is 2. The molecular formula is C24H33FN4O4S.